The maximum atomic E-state index is 12.7. The average molecular weight is 488 g/mol. The van der Waals surface area contributed by atoms with Crippen LogP contribution >= 0.6 is 22.9 Å². The molecule has 0 saturated carbocycles. The molecule has 1 saturated heterocycles. The van der Waals surface area contributed by atoms with Gasteiger partial charge in [0.05, 0.1) is 13.3 Å². The lowest BCUT2D eigenvalue weighted by Crippen LogP contribution is -2.40. The van der Waals surface area contributed by atoms with Crippen molar-refractivity contribution in [3.8, 4) is 5.75 Å². The second-order valence-electron chi connectivity index (χ2n) is 7.01. The summed E-state index contributed by atoms with van der Waals surface area (Å²) < 4.78 is 33.2. The quantitative estimate of drug-likeness (QED) is 0.589. The Morgan fingerprint density at radius 1 is 1.26 bits per heavy atom. The highest BCUT2D eigenvalue weighted by Crippen LogP contribution is 2.33. The van der Waals surface area contributed by atoms with Gasteiger partial charge in [0.15, 0.2) is 14.5 Å². The standard InChI is InChI=1S/C19H26ClN5O4S2/c1-3-29-15-9-7-14(8-10-15)22-18(26)24(2)19-23-16(20)17(30-19)31(27,28)21-13-25-11-5-4-6-12-25/h7-10,21H,3-6,11-13H2,1-2H3,(H,22,26). The summed E-state index contributed by atoms with van der Waals surface area (Å²) in [4.78, 5) is 19.9. The molecule has 1 fully saturated rings. The number of thiazole rings is 1. The molecule has 0 spiro atoms. The maximum Gasteiger partial charge on any atom is 0.327 e. The van der Waals surface area contributed by atoms with Crippen molar-refractivity contribution in [2.75, 3.05) is 43.6 Å². The Bertz CT molecular complexity index is 991. The van der Waals surface area contributed by atoms with E-state index in [-0.39, 0.29) is 21.2 Å². The summed E-state index contributed by atoms with van der Waals surface area (Å²) in [6.45, 7) is 4.39. The number of urea groups is 1. The minimum Gasteiger partial charge on any atom is -0.494 e. The first-order valence-corrected chi connectivity index (χ1v) is 12.6. The van der Waals surface area contributed by atoms with Crippen molar-refractivity contribution in [1.29, 1.82) is 0 Å². The van der Waals surface area contributed by atoms with Crippen LogP contribution in [0, 0.1) is 0 Å². The fraction of sp³-hybridized carbons (Fsp3) is 0.474. The molecule has 0 radical (unpaired) electrons. The highest BCUT2D eigenvalue weighted by Gasteiger charge is 2.26. The number of ether oxygens (including phenoxy) is 1. The number of hydrogen-bond acceptors (Lipinski definition) is 7. The molecule has 31 heavy (non-hydrogen) atoms. The molecule has 1 aromatic carbocycles. The Labute approximate surface area is 191 Å². The van der Waals surface area contributed by atoms with Crippen LogP contribution < -0.4 is 19.7 Å². The van der Waals surface area contributed by atoms with Crippen LogP contribution in [0.5, 0.6) is 5.75 Å². The van der Waals surface area contributed by atoms with E-state index in [1.807, 2.05) is 11.8 Å². The van der Waals surface area contributed by atoms with Gasteiger partial charge in [-0.1, -0.05) is 29.4 Å². The van der Waals surface area contributed by atoms with Crippen molar-refractivity contribution in [3.63, 3.8) is 0 Å². The van der Waals surface area contributed by atoms with Gasteiger partial charge in [-0.2, -0.15) is 4.72 Å². The van der Waals surface area contributed by atoms with E-state index in [1.54, 1.807) is 24.3 Å². The van der Waals surface area contributed by atoms with Crippen LogP contribution in [0.15, 0.2) is 28.5 Å². The van der Waals surface area contributed by atoms with E-state index in [0.717, 1.165) is 37.3 Å². The normalized spacial score (nSPS) is 14.9. The maximum absolute atomic E-state index is 12.7. The number of likely N-dealkylation sites (tertiary alicyclic amines) is 1. The van der Waals surface area contributed by atoms with Gasteiger partial charge in [0, 0.05) is 12.7 Å². The summed E-state index contributed by atoms with van der Waals surface area (Å²) >= 11 is 6.94. The lowest BCUT2D eigenvalue weighted by molar-refractivity contribution is 0.226. The molecule has 1 aromatic heterocycles. The van der Waals surface area contributed by atoms with Crippen LogP contribution in [0.25, 0.3) is 0 Å². The Morgan fingerprint density at radius 2 is 1.94 bits per heavy atom. The van der Waals surface area contributed by atoms with Crippen LogP contribution in [-0.4, -0.2) is 57.7 Å². The summed E-state index contributed by atoms with van der Waals surface area (Å²) in [7, 11) is -2.34. The first-order valence-electron chi connectivity index (χ1n) is 9.96. The molecule has 2 amide bonds. The van der Waals surface area contributed by atoms with E-state index in [0.29, 0.717) is 18.0 Å². The highest BCUT2D eigenvalue weighted by molar-refractivity contribution is 7.91. The van der Waals surface area contributed by atoms with Crippen molar-refractivity contribution in [1.82, 2.24) is 14.6 Å². The fourth-order valence-electron chi connectivity index (χ4n) is 3.04. The van der Waals surface area contributed by atoms with Gasteiger partial charge in [-0.3, -0.25) is 9.80 Å². The number of halogens is 1. The Morgan fingerprint density at radius 3 is 2.58 bits per heavy atom. The van der Waals surface area contributed by atoms with E-state index < -0.39 is 16.1 Å². The third kappa shape index (κ3) is 6.30. The van der Waals surface area contributed by atoms with Crippen LogP contribution in [0.2, 0.25) is 5.15 Å². The van der Waals surface area contributed by atoms with Crippen molar-refractivity contribution in [2.45, 2.75) is 30.4 Å². The van der Waals surface area contributed by atoms with Crippen LogP contribution in [0.3, 0.4) is 0 Å². The second-order valence-corrected chi connectivity index (χ2v) is 10.3. The van der Waals surface area contributed by atoms with E-state index in [9.17, 15) is 13.2 Å². The Balaban J connectivity index is 1.64. The van der Waals surface area contributed by atoms with E-state index in [2.05, 4.69) is 15.0 Å². The number of carbonyl (C=O) groups is 1. The van der Waals surface area contributed by atoms with Gasteiger partial charge in [-0.15, -0.1) is 0 Å². The zero-order valence-electron chi connectivity index (χ0n) is 17.4. The SMILES string of the molecule is CCOc1ccc(NC(=O)N(C)c2nc(Cl)c(S(=O)(=O)NCN3CCCCC3)s2)cc1. The van der Waals surface area contributed by atoms with Crippen LogP contribution in [0.1, 0.15) is 26.2 Å². The second kappa shape index (κ2) is 10.6. The monoisotopic (exact) mass is 487 g/mol. The summed E-state index contributed by atoms with van der Waals surface area (Å²) in [6, 6.07) is 6.45. The lowest BCUT2D eigenvalue weighted by atomic mass is 10.1. The van der Waals surface area contributed by atoms with E-state index in [4.69, 9.17) is 16.3 Å². The predicted molar refractivity (Wildman–Crippen MR) is 123 cm³/mol. The van der Waals surface area contributed by atoms with Gasteiger partial charge in [-0.25, -0.2) is 18.2 Å². The number of amides is 2. The molecule has 0 unspecified atom stereocenters. The predicted octanol–water partition coefficient (Wildman–Crippen LogP) is 3.59. The largest absolute Gasteiger partial charge is 0.494 e. The zero-order chi connectivity index (χ0) is 22.4. The number of anilines is 2. The van der Waals surface area contributed by atoms with Crippen LogP contribution in [-0.2, 0) is 10.0 Å². The summed E-state index contributed by atoms with van der Waals surface area (Å²) in [5.41, 5.74) is 0.569. The first kappa shape index (κ1) is 23.7. The molecule has 12 heteroatoms. The molecular weight excluding hydrogens is 462 g/mol. The number of aromatic nitrogens is 1. The molecular formula is C19H26ClN5O4S2. The molecule has 0 atom stereocenters. The summed E-state index contributed by atoms with van der Waals surface area (Å²) in [6.07, 6.45) is 3.28. The molecule has 3 rings (SSSR count). The number of carbonyl (C=O) groups excluding carboxylic acids is 1. The fourth-order valence-corrected chi connectivity index (χ4v) is 5.83. The van der Waals surface area contributed by atoms with Crippen LogP contribution in [0.4, 0.5) is 15.6 Å². The highest BCUT2D eigenvalue weighted by atomic mass is 35.5. The molecule has 2 N–H and O–H groups in total. The van der Waals surface area contributed by atoms with Gasteiger partial charge in [0.1, 0.15) is 5.75 Å². The Kier molecular flexibility index (Phi) is 8.11. The minimum atomic E-state index is -3.84. The van der Waals surface area contributed by atoms with E-state index >= 15 is 0 Å². The first-order chi connectivity index (χ1) is 14.8. The number of nitrogens with zero attached hydrogens (tertiary/aromatic N) is 3. The number of piperidine rings is 1. The number of rotatable bonds is 8. The Hall–Kier alpha value is -1.92. The van der Waals surface area contributed by atoms with E-state index in [1.165, 1.54) is 18.4 Å². The molecule has 2 heterocycles. The molecule has 0 aliphatic carbocycles. The molecule has 170 valence electrons. The minimum absolute atomic E-state index is 0.109. The van der Waals surface area contributed by atoms with Crippen molar-refractivity contribution >= 4 is 49.8 Å². The molecule has 2 aromatic rings. The number of benzene rings is 1. The molecule has 1 aliphatic rings. The van der Waals surface area contributed by atoms with Gasteiger partial charge in [0.25, 0.3) is 10.0 Å². The van der Waals surface area contributed by atoms with Crippen molar-refractivity contribution < 1.29 is 17.9 Å². The molecule has 1 aliphatic heterocycles. The zero-order valence-corrected chi connectivity index (χ0v) is 19.8. The van der Waals surface area contributed by atoms with Crippen molar-refractivity contribution in [2.24, 2.45) is 0 Å². The number of nitrogens with one attached hydrogen (secondary N) is 2. The van der Waals surface area contributed by atoms with Gasteiger partial charge in [-0.05, 0) is 57.1 Å². The van der Waals surface area contributed by atoms with Crippen molar-refractivity contribution in [3.05, 3.63) is 29.4 Å². The van der Waals surface area contributed by atoms with Gasteiger partial charge >= 0.3 is 6.03 Å². The van der Waals surface area contributed by atoms with Gasteiger partial charge < -0.3 is 10.1 Å². The topological polar surface area (TPSA) is 104 Å². The number of hydrogen-bond donors (Lipinski definition) is 2. The molecule has 9 nitrogen and oxygen atoms in total. The third-order valence-electron chi connectivity index (χ3n) is 4.73. The summed E-state index contributed by atoms with van der Waals surface area (Å²) in [5.74, 6) is 0.701. The number of sulfonamides is 1. The smallest absolute Gasteiger partial charge is 0.327 e. The van der Waals surface area contributed by atoms with Gasteiger partial charge in [0.2, 0.25) is 0 Å². The third-order valence-corrected chi connectivity index (χ3v) is 8.25. The summed E-state index contributed by atoms with van der Waals surface area (Å²) in [5, 5.41) is 2.74. The lowest BCUT2D eigenvalue weighted by Gasteiger charge is -2.26. The molecule has 0 bridgehead atoms. The average Bonchev–Trinajstić information content (AvgIpc) is 3.16.